The lowest BCUT2D eigenvalue weighted by atomic mass is 9.96. The molecule has 1 fully saturated rings. The molecule has 0 bridgehead atoms. The van der Waals surface area contributed by atoms with Crippen molar-refractivity contribution in [3.63, 3.8) is 0 Å². The van der Waals surface area contributed by atoms with Crippen molar-refractivity contribution in [3.05, 3.63) is 18.0 Å². The molecule has 0 aromatic carbocycles. The Labute approximate surface area is 117 Å². The lowest BCUT2D eigenvalue weighted by Crippen LogP contribution is -2.39. The first-order valence-corrected chi connectivity index (χ1v) is 6.79. The fourth-order valence-corrected chi connectivity index (χ4v) is 2.62. The average molecular weight is 280 g/mol. The topological polar surface area (TPSA) is 96.2 Å². The Morgan fingerprint density at radius 3 is 2.90 bits per heavy atom. The molecule has 20 heavy (non-hydrogen) atoms. The molecule has 2 unspecified atom stereocenters. The number of aryl methyl sites for hydroxylation is 1. The van der Waals surface area contributed by atoms with E-state index < -0.39 is 5.97 Å². The van der Waals surface area contributed by atoms with Crippen LogP contribution in [0.3, 0.4) is 0 Å². The van der Waals surface area contributed by atoms with Gasteiger partial charge in [-0.3, -0.25) is 9.48 Å². The highest BCUT2D eigenvalue weighted by molar-refractivity contribution is 5.74. The zero-order valence-corrected chi connectivity index (χ0v) is 11.5. The largest absolute Gasteiger partial charge is 0.481 e. The number of aliphatic carboxylic acids is 1. The zero-order chi connectivity index (χ0) is 14.5. The quantitative estimate of drug-likeness (QED) is 0.740. The molecule has 7 nitrogen and oxygen atoms in total. The molecule has 1 aliphatic rings. The third kappa shape index (κ3) is 3.72. The van der Waals surface area contributed by atoms with E-state index in [4.69, 9.17) is 5.11 Å². The fourth-order valence-electron chi connectivity index (χ4n) is 2.62. The van der Waals surface area contributed by atoms with Crippen molar-refractivity contribution in [2.45, 2.75) is 25.8 Å². The van der Waals surface area contributed by atoms with Crippen LogP contribution in [-0.4, -0.2) is 33.4 Å². The monoisotopic (exact) mass is 280 g/mol. The lowest BCUT2D eigenvalue weighted by Gasteiger charge is -2.16. The number of urea groups is 1. The summed E-state index contributed by atoms with van der Waals surface area (Å²) < 4.78 is 1.67. The maximum atomic E-state index is 11.7. The van der Waals surface area contributed by atoms with Crippen molar-refractivity contribution in [1.82, 2.24) is 20.4 Å². The van der Waals surface area contributed by atoms with Gasteiger partial charge in [0.1, 0.15) is 0 Å². The molecule has 1 aliphatic carbocycles. The van der Waals surface area contributed by atoms with E-state index >= 15 is 0 Å². The van der Waals surface area contributed by atoms with E-state index in [9.17, 15) is 9.59 Å². The van der Waals surface area contributed by atoms with E-state index in [0.29, 0.717) is 19.5 Å². The SMILES string of the molecule is Cn1ccc(CNC(=O)NCC2CCCC2C(=O)O)n1. The maximum Gasteiger partial charge on any atom is 0.315 e. The lowest BCUT2D eigenvalue weighted by molar-refractivity contribution is -0.142. The van der Waals surface area contributed by atoms with Gasteiger partial charge in [-0.15, -0.1) is 0 Å². The standard InChI is InChI=1S/C13H20N4O3/c1-17-6-5-10(16-17)8-15-13(20)14-7-9-3-2-4-11(9)12(18)19/h5-6,9,11H,2-4,7-8H2,1H3,(H,18,19)(H2,14,15,20). The summed E-state index contributed by atoms with van der Waals surface area (Å²) in [5.41, 5.74) is 0.784. The van der Waals surface area contributed by atoms with Crippen molar-refractivity contribution < 1.29 is 14.7 Å². The molecule has 0 saturated heterocycles. The summed E-state index contributed by atoms with van der Waals surface area (Å²) in [6.07, 6.45) is 4.29. The number of nitrogens with zero attached hydrogens (tertiary/aromatic N) is 2. The zero-order valence-electron chi connectivity index (χ0n) is 11.5. The van der Waals surface area contributed by atoms with E-state index in [1.165, 1.54) is 0 Å². The number of carbonyl (C=O) groups excluding carboxylic acids is 1. The predicted octanol–water partition coefficient (Wildman–Crippen LogP) is 0.720. The molecule has 1 aromatic heterocycles. The molecular weight excluding hydrogens is 260 g/mol. The van der Waals surface area contributed by atoms with Gasteiger partial charge in [0, 0.05) is 19.8 Å². The van der Waals surface area contributed by atoms with E-state index in [0.717, 1.165) is 18.5 Å². The van der Waals surface area contributed by atoms with Crippen LogP contribution in [0.15, 0.2) is 12.3 Å². The highest BCUT2D eigenvalue weighted by atomic mass is 16.4. The summed E-state index contributed by atoms with van der Waals surface area (Å²) >= 11 is 0. The Hall–Kier alpha value is -2.05. The Balaban J connectivity index is 1.71. The number of hydrogen-bond acceptors (Lipinski definition) is 3. The third-order valence-corrected chi connectivity index (χ3v) is 3.70. The summed E-state index contributed by atoms with van der Waals surface area (Å²) in [6, 6.07) is 1.55. The molecule has 1 heterocycles. The number of carboxylic acids is 1. The van der Waals surface area contributed by atoms with E-state index in [1.807, 2.05) is 19.3 Å². The number of nitrogens with one attached hydrogen (secondary N) is 2. The van der Waals surface area contributed by atoms with Crippen molar-refractivity contribution in [2.24, 2.45) is 18.9 Å². The highest BCUT2D eigenvalue weighted by Gasteiger charge is 2.32. The van der Waals surface area contributed by atoms with Gasteiger partial charge in [-0.1, -0.05) is 6.42 Å². The van der Waals surface area contributed by atoms with Crippen molar-refractivity contribution in [1.29, 1.82) is 0 Å². The second kappa shape index (κ2) is 6.40. The van der Waals surface area contributed by atoms with Crippen LogP contribution in [0.5, 0.6) is 0 Å². The summed E-state index contributed by atoms with van der Waals surface area (Å²) in [7, 11) is 1.82. The third-order valence-electron chi connectivity index (χ3n) is 3.70. The molecule has 110 valence electrons. The highest BCUT2D eigenvalue weighted by Crippen LogP contribution is 2.31. The molecule has 1 aromatic rings. The van der Waals surface area contributed by atoms with Crippen molar-refractivity contribution in [3.8, 4) is 0 Å². The molecule has 2 atom stereocenters. The molecule has 2 rings (SSSR count). The van der Waals surface area contributed by atoms with Crippen LogP contribution >= 0.6 is 0 Å². The van der Waals surface area contributed by atoms with E-state index in [1.54, 1.807) is 4.68 Å². The predicted molar refractivity (Wildman–Crippen MR) is 71.9 cm³/mol. The summed E-state index contributed by atoms with van der Waals surface area (Å²) in [5.74, 6) is -1.05. The van der Waals surface area contributed by atoms with Gasteiger partial charge in [0.25, 0.3) is 0 Å². The summed E-state index contributed by atoms with van der Waals surface area (Å²) in [6.45, 7) is 0.769. The number of rotatable bonds is 5. The molecule has 1 saturated carbocycles. The van der Waals surface area contributed by atoms with Gasteiger partial charge in [0.2, 0.25) is 0 Å². The normalized spacial score (nSPS) is 21.6. The van der Waals surface area contributed by atoms with Crippen molar-refractivity contribution >= 4 is 12.0 Å². The van der Waals surface area contributed by atoms with Crippen LogP contribution in [0, 0.1) is 11.8 Å². The first-order chi connectivity index (χ1) is 9.56. The number of amides is 2. The molecule has 0 spiro atoms. The molecule has 0 aliphatic heterocycles. The summed E-state index contributed by atoms with van der Waals surface area (Å²) in [4.78, 5) is 22.7. The van der Waals surface area contributed by atoms with Crippen molar-refractivity contribution in [2.75, 3.05) is 6.54 Å². The smallest absolute Gasteiger partial charge is 0.315 e. The van der Waals surface area contributed by atoms with Gasteiger partial charge in [-0.05, 0) is 24.8 Å². The fraction of sp³-hybridized carbons (Fsp3) is 0.615. The number of carboxylic acid groups (broad SMARTS) is 1. The molecule has 3 N–H and O–H groups in total. The van der Waals surface area contributed by atoms with Gasteiger partial charge in [0.15, 0.2) is 0 Å². The first-order valence-electron chi connectivity index (χ1n) is 6.79. The number of hydrogen-bond donors (Lipinski definition) is 3. The van der Waals surface area contributed by atoms with Crippen LogP contribution in [0.4, 0.5) is 4.79 Å². The Kier molecular flexibility index (Phi) is 4.60. The molecule has 0 radical (unpaired) electrons. The molecular formula is C13H20N4O3. The Morgan fingerprint density at radius 2 is 2.25 bits per heavy atom. The maximum absolute atomic E-state index is 11.7. The van der Waals surface area contributed by atoms with Crippen LogP contribution < -0.4 is 10.6 Å². The van der Waals surface area contributed by atoms with Crippen LogP contribution in [-0.2, 0) is 18.4 Å². The Bertz CT molecular complexity index is 486. The molecule has 7 heteroatoms. The minimum Gasteiger partial charge on any atom is -0.481 e. The minimum absolute atomic E-state index is 0.0353. The summed E-state index contributed by atoms with van der Waals surface area (Å²) in [5, 5.41) is 18.7. The second-order valence-electron chi connectivity index (χ2n) is 5.18. The molecule has 2 amide bonds. The van der Waals surface area contributed by atoms with Gasteiger partial charge < -0.3 is 15.7 Å². The first kappa shape index (κ1) is 14.4. The minimum atomic E-state index is -0.761. The van der Waals surface area contributed by atoms with Crippen LogP contribution in [0.25, 0.3) is 0 Å². The average Bonchev–Trinajstić information content (AvgIpc) is 3.02. The van der Waals surface area contributed by atoms with Crippen LogP contribution in [0.1, 0.15) is 25.0 Å². The van der Waals surface area contributed by atoms with E-state index in [-0.39, 0.29) is 17.9 Å². The van der Waals surface area contributed by atoms with Gasteiger partial charge in [-0.2, -0.15) is 5.10 Å². The Morgan fingerprint density at radius 1 is 1.45 bits per heavy atom. The van der Waals surface area contributed by atoms with Gasteiger partial charge in [0.05, 0.1) is 18.2 Å². The number of carbonyl (C=O) groups is 2. The van der Waals surface area contributed by atoms with Gasteiger partial charge in [-0.25, -0.2) is 4.79 Å². The second-order valence-corrected chi connectivity index (χ2v) is 5.18. The van der Waals surface area contributed by atoms with E-state index in [2.05, 4.69) is 15.7 Å². The number of aromatic nitrogens is 2. The van der Waals surface area contributed by atoms with Gasteiger partial charge >= 0.3 is 12.0 Å². The van der Waals surface area contributed by atoms with Crippen LogP contribution in [0.2, 0.25) is 0 Å².